The molecule has 0 spiro atoms. The fourth-order valence-corrected chi connectivity index (χ4v) is 5.87. The number of anilines is 1. The molecule has 0 bridgehead atoms. The molecule has 24 heavy (non-hydrogen) atoms. The molecule has 5 N–H and O–H groups in total. The summed E-state index contributed by atoms with van der Waals surface area (Å²) < 4.78 is 8.04. The zero-order valence-electron chi connectivity index (χ0n) is 11.6. The topological polar surface area (TPSA) is 149 Å². The van der Waals surface area contributed by atoms with Crippen LogP contribution < -0.4 is 16.0 Å². The van der Waals surface area contributed by atoms with E-state index in [0.717, 1.165) is 3.13 Å². The third-order valence-electron chi connectivity index (χ3n) is 3.52. The number of rotatable bonds is 3. The van der Waals surface area contributed by atoms with Gasteiger partial charge in [0, 0.05) is 0 Å². The van der Waals surface area contributed by atoms with Gasteiger partial charge >= 0.3 is 157 Å². The molecule has 14 heteroatoms. The van der Waals surface area contributed by atoms with Gasteiger partial charge in [-0.25, -0.2) is 0 Å². The summed E-state index contributed by atoms with van der Waals surface area (Å²) in [6.45, 7) is -0.482. The fourth-order valence-electron chi connectivity index (χ4n) is 2.43. The predicted molar refractivity (Wildman–Crippen MR) is 83.1 cm³/mol. The Labute approximate surface area is 156 Å². The molecule has 2 aromatic heterocycles. The summed E-state index contributed by atoms with van der Waals surface area (Å²) in [5, 5.41) is 29.3. The van der Waals surface area contributed by atoms with Gasteiger partial charge in [0.1, 0.15) is 0 Å². The Morgan fingerprint density at radius 1 is 1.33 bits per heavy atom. The predicted octanol–water partition coefficient (Wildman–Crippen LogP) is -3.00. The minimum atomic E-state index is -2.82. The maximum atomic E-state index is 12.5. The van der Waals surface area contributed by atoms with Crippen molar-refractivity contribution in [1.29, 1.82) is 0 Å². The number of ether oxygens (including phenoxy) is 1. The van der Waals surface area contributed by atoms with Crippen LogP contribution in [0.5, 0.6) is 0 Å². The Morgan fingerprint density at radius 3 is 2.54 bits per heavy atom. The first-order valence-corrected chi connectivity index (χ1v) is 13.9. The number of aromatic nitrogens is 4. The van der Waals surface area contributed by atoms with Gasteiger partial charge in [-0.2, -0.15) is 0 Å². The van der Waals surface area contributed by atoms with E-state index in [2.05, 4.69) is 26.0 Å². The Hall–Kier alpha value is -0.222. The van der Waals surface area contributed by atoms with Crippen molar-refractivity contribution < 1.29 is 35.5 Å². The van der Waals surface area contributed by atoms with E-state index in [-0.39, 0.29) is 21.8 Å². The van der Waals surface area contributed by atoms with E-state index >= 15 is 0 Å². The van der Waals surface area contributed by atoms with Crippen LogP contribution in [0.4, 0.5) is 5.95 Å². The first kappa shape index (κ1) is 18.6. The fraction of sp³-hybridized carbons (Fsp3) is 0.500. The van der Waals surface area contributed by atoms with E-state index in [0.29, 0.717) is 0 Å². The van der Waals surface area contributed by atoms with E-state index in [1.807, 2.05) is 0 Å². The van der Waals surface area contributed by atoms with Gasteiger partial charge in [-0.05, 0) is 0 Å². The summed E-state index contributed by atoms with van der Waals surface area (Å²) >= 11 is -0.712. The van der Waals surface area contributed by atoms with Crippen LogP contribution in [-0.4, -0.2) is 73.9 Å². The molecule has 3 heterocycles. The molecule has 4 atom stereocenters. The SMILES string of the molecule is Nc1nc2c(nc([SeH])n2[C@@H]2O[C@H](CO)C(O)C2O)c(=O)[n]1[Pt]([Cl])[Cl]. The number of hydrogen-bond acceptors (Lipinski definition) is 8. The van der Waals surface area contributed by atoms with E-state index in [1.165, 1.54) is 4.57 Å². The number of nitrogens with two attached hydrogens (primary N) is 1. The van der Waals surface area contributed by atoms with Crippen LogP contribution >= 0.6 is 18.8 Å². The van der Waals surface area contributed by atoms with Crippen LogP contribution in [0.25, 0.3) is 11.2 Å². The molecule has 1 aliphatic rings. The van der Waals surface area contributed by atoms with Crippen molar-refractivity contribution in [2.75, 3.05) is 12.3 Å². The molecule has 0 aromatic carbocycles. The molecule has 2 unspecified atom stereocenters. The molecular formula is C10H12Cl2N5O5PtSe. The number of nitrogen functional groups attached to an aromatic ring is 1. The van der Waals surface area contributed by atoms with E-state index in [9.17, 15) is 20.1 Å². The van der Waals surface area contributed by atoms with Crippen LogP contribution in [0, 0.1) is 0 Å². The first-order valence-electron chi connectivity index (χ1n) is 6.36. The third-order valence-corrected chi connectivity index (χ3v) is 7.68. The molecule has 0 aliphatic carbocycles. The van der Waals surface area contributed by atoms with Crippen molar-refractivity contribution in [3.05, 3.63) is 10.4 Å². The Morgan fingerprint density at radius 2 is 2.00 bits per heavy atom. The number of hydrogen-bond donors (Lipinski definition) is 4. The Bertz CT molecular complexity index is 847. The number of fused-ring (bicyclic) bond motifs is 1. The normalized spacial score (nSPS) is 27.8. The van der Waals surface area contributed by atoms with E-state index in [1.54, 1.807) is 0 Å². The molecule has 1 fully saturated rings. The van der Waals surface area contributed by atoms with Crippen molar-refractivity contribution in [3.8, 4) is 0 Å². The van der Waals surface area contributed by atoms with Gasteiger partial charge in [-0.1, -0.05) is 0 Å². The van der Waals surface area contributed by atoms with Gasteiger partial charge in [0.05, 0.1) is 0 Å². The monoisotopic (exact) mass is 627 g/mol. The molecule has 10 nitrogen and oxygen atoms in total. The molecule has 1 aliphatic heterocycles. The molecule has 0 amide bonds. The maximum absolute atomic E-state index is 12.5. The standard InChI is InChI=1S/C10H13N5O5Se.2ClH.Pt/c11-9-13-6-3(7(19)14-9)12-10(21)15(6)8-5(18)4(17)2(1-16)20-8;;;/h2,4-5,8,16-18H,1H2,(H4,11,12,13,14,19,21);2*1H;/q;;;+3/p-3/t2-,4?,5?,8-;;;/m1.../s1. The van der Waals surface area contributed by atoms with Gasteiger partial charge in [0.15, 0.2) is 0 Å². The zero-order valence-corrected chi connectivity index (χ0v) is 17.2. The molecule has 0 saturated carbocycles. The summed E-state index contributed by atoms with van der Waals surface area (Å²) in [5.74, 6) is -0.177. The van der Waals surface area contributed by atoms with Crippen molar-refractivity contribution in [3.63, 3.8) is 0 Å². The second kappa shape index (κ2) is 6.83. The summed E-state index contributed by atoms with van der Waals surface area (Å²) in [6, 6.07) is 0. The summed E-state index contributed by atoms with van der Waals surface area (Å²) in [4.78, 5) is 20.7. The number of imidazole rings is 1. The van der Waals surface area contributed by atoms with Gasteiger partial charge < -0.3 is 0 Å². The Kier molecular flexibility index (Phi) is 5.28. The second-order valence-corrected chi connectivity index (χ2v) is 12.5. The molecule has 137 valence electrons. The summed E-state index contributed by atoms with van der Waals surface area (Å²) in [7, 11) is 11.7. The average molecular weight is 627 g/mol. The van der Waals surface area contributed by atoms with Crippen molar-refractivity contribution in [2.45, 2.75) is 24.5 Å². The summed E-state index contributed by atoms with van der Waals surface area (Å²) in [5.41, 5.74) is 5.19. The van der Waals surface area contributed by atoms with E-state index in [4.69, 9.17) is 29.3 Å². The molecule has 2 aromatic rings. The van der Waals surface area contributed by atoms with Gasteiger partial charge in [0.2, 0.25) is 0 Å². The molecule has 3 rings (SSSR count). The first-order chi connectivity index (χ1) is 11.3. The van der Waals surface area contributed by atoms with Crippen LogP contribution in [0.3, 0.4) is 0 Å². The number of aliphatic hydroxyl groups excluding tert-OH is 3. The van der Waals surface area contributed by atoms with E-state index < -0.39 is 52.2 Å². The average Bonchev–Trinajstić information content (AvgIpc) is 2.97. The Balaban J connectivity index is 2.20. The quantitative estimate of drug-likeness (QED) is 0.264. The third kappa shape index (κ3) is 2.82. The second-order valence-electron chi connectivity index (χ2n) is 4.86. The summed E-state index contributed by atoms with van der Waals surface area (Å²) in [6.07, 6.45) is -4.72. The molecule has 0 radical (unpaired) electrons. The minimum absolute atomic E-state index is 0.0404. The number of halogens is 2. The van der Waals surface area contributed by atoms with Gasteiger partial charge in [-0.3, -0.25) is 0 Å². The zero-order chi connectivity index (χ0) is 17.8. The van der Waals surface area contributed by atoms with Crippen molar-refractivity contribution >= 4 is 56.7 Å². The molecular weight excluding hydrogens is 615 g/mol. The van der Waals surface area contributed by atoms with Gasteiger partial charge in [-0.15, -0.1) is 0 Å². The van der Waals surface area contributed by atoms with Crippen LogP contribution in [0.1, 0.15) is 6.23 Å². The molecule has 1 saturated heterocycles. The van der Waals surface area contributed by atoms with Crippen molar-refractivity contribution in [2.24, 2.45) is 0 Å². The van der Waals surface area contributed by atoms with Crippen molar-refractivity contribution in [1.82, 2.24) is 17.7 Å². The van der Waals surface area contributed by atoms with Gasteiger partial charge in [0.25, 0.3) is 0 Å². The van der Waals surface area contributed by atoms with Crippen LogP contribution in [-0.2, 0) is 20.2 Å². The van der Waals surface area contributed by atoms with Crippen LogP contribution in [0.2, 0.25) is 0 Å². The van der Waals surface area contributed by atoms with Crippen LogP contribution in [0.15, 0.2) is 4.79 Å². The number of aliphatic hydroxyl groups is 3. The number of nitrogens with zero attached hydrogens (tertiary/aromatic N) is 4.